The van der Waals surface area contributed by atoms with E-state index >= 15 is 0 Å². The summed E-state index contributed by atoms with van der Waals surface area (Å²) in [6.45, 7) is 0.195. The van der Waals surface area contributed by atoms with Crippen LogP contribution in [0.15, 0.2) is 35.1 Å². The van der Waals surface area contributed by atoms with E-state index in [2.05, 4.69) is 10.1 Å². The molecule has 118 valence electrons. The number of nitrogens with one attached hydrogen (secondary N) is 2. The Hall–Kier alpha value is -2.71. The first-order valence-corrected chi connectivity index (χ1v) is 6.11. The zero-order chi connectivity index (χ0) is 16.3. The Kier molecular flexibility index (Phi) is 4.25. The number of aromatic nitrogens is 2. The van der Waals surface area contributed by atoms with Gasteiger partial charge in [-0.2, -0.15) is 13.2 Å². The molecule has 1 heterocycles. The molecule has 0 unspecified atom stereocenters. The molecule has 1 amide bonds. The summed E-state index contributed by atoms with van der Waals surface area (Å²) in [5.74, 6) is 0. The average molecular weight is 315 g/mol. The highest BCUT2D eigenvalue weighted by Gasteiger charge is 2.33. The topological polar surface area (TPSA) is 76.1 Å². The maximum Gasteiger partial charge on any atom is 0.432 e. The number of halogens is 3. The molecule has 0 spiro atoms. The molecule has 2 rings (SSSR count). The van der Waals surface area contributed by atoms with Crippen LogP contribution >= 0.6 is 0 Å². The Morgan fingerprint density at radius 2 is 1.95 bits per heavy atom. The number of carbonyl (C=O) groups is 1. The highest BCUT2D eigenvalue weighted by Crippen LogP contribution is 2.26. The molecule has 1 aromatic carbocycles. The second-order valence-electron chi connectivity index (χ2n) is 4.35. The molecule has 0 fully saturated rings. The summed E-state index contributed by atoms with van der Waals surface area (Å²) in [5.41, 5.74) is -0.978. The predicted octanol–water partition coefficient (Wildman–Crippen LogP) is 2.04. The van der Waals surface area contributed by atoms with E-state index < -0.39 is 23.5 Å². The van der Waals surface area contributed by atoms with Crippen LogP contribution in [0.2, 0.25) is 0 Å². The van der Waals surface area contributed by atoms with E-state index in [0.29, 0.717) is 11.6 Å². The molecule has 9 heteroatoms. The van der Waals surface area contributed by atoms with Crippen LogP contribution in [-0.2, 0) is 17.5 Å². The summed E-state index contributed by atoms with van der Waals surface area (Å²) in [7, 11) is 1.23. The Bertz CT molecular complexity index is 717. The third kappa shape index (κ3) is 3.48. The number of benzene rings is 1. The van der Waals surface area contributed by atoms with Gasteiger partial charge in [0.1, 0.15) is 5.69 Å². The van der Waals surface area contributed by atoms with E-state index in [9.17, 15) is 22.8 Å². The van der Waals surface area contributed by atoms with Crippen LogP contribution < -0.4 is 10.9 Å². The van der Waals surface area contributed by atoms with Gasteiger partial charge in [0.25, 0.3) is 5.56 Å². The Balaban J connectivity index is 2.19. The van der Waals surface area contributed by atoms with Crippen LogP contribution in [0.4, 0.5) is 18.0 Å². The zero-order valence-electron chi connectivity index (χ0n) is 11.4. The SMILES string of the molecule is COC(=O)NCc1ccc(-n2[nH]c(C(F)(F)F)cc2=O)cc1. The van der Waals surface area contributed by atoms with Crippen molar-refractivity contribution < 1.29 is 22.7 Å². The quantitative estimate of drug-likeness (QED) is 0.910. The molecule has 22 heavy (non-hydrogen) atoms. The normalized spacial score (nSPS) is 11.3. The Morgan fingerprint density at radius 1 is 1.32 bits per heavy atom. The van der Waals surface area contributed by atoms with Crippen LogP contribution in [0.1, 0.15) is 11.3 Å². The van der Waals surface area contributed by atoms with E-state index in [1.807, 2.05) is 5.10 Å². The van der Waals surface area contributed by atoms with Gasteiger partial charge in [-0.15, -0.1) is 0 Å². The van der Waals surface area contributed by atoms with Crippen molar-refractivity contribution >= 4 is 6.09 Å². The third-order valence-electron chi connectivity index (χ3n) is 2.84. The Morgan fingerprint density at radius 3 is 2.45 bits per heavy atom. The number of alkyl carbamates (subject to hydrolysis) is 1. The minimum absolute atomic E-state index is 0.195. The number of nitrogens with zero attached hydrogens (tertiary/aromatic N) is 1. The fraction of sp³-hybridized carbons (Fsp3) is 0.231. The van der Waals surface area contributed by atoms with Crippen molar-refractivity contribution in [1.82, 2.24) is 15.1 Å². The fourth-order valence-corrected chi connectivity index (χ4v) is 1.74. The molecule has 0 bridgehead atoms. The first-order valence-electron chi connectivity index (χ1n) is 6.11. The zero-order valence-corrected chi connectivity index (χ0v) is 11.4. The molecule has 0 aliphatic carbocycles. The molecule has 0 atom stereocenters. The first-order chi connectivity index (χ1) is 10.3. The number of hydrogen-bond acceptors (Lipinski definition) is 3. The number of methoxy groups -OCH3 is 1. The number of H-pyrrole nitrogens is 1. The van der Waals surface area contributed by atoms with Crippen molar-refractivity contribution in [1.29, 1.82) is 0 Å². The lowest BCUT2D eigenvalue weighted by molar-refractivity contribution is -0.141. The van der Waals surface area contributed by atoms with Gasteiger partial charge in [0, 0.05) is 12.6 Å². The molecule has 0 aliphatic rings. The van der Waals surface area contributed by atoms with Crippen molar-refractivity contribution in [3.63, 3.8) is 0 Å². The summed E-state index contributed by atoms with van der Waals surface area (Å²) < 4.78 is 42.8. The largest absolute Gasteiger partial charge is 0.453 e. The highest BCUT2D eigenvalue weighted by atomic mass is 19.4. The molecular weight excluding hydrogens is 303 g/mol. The van der Waals surface area contributed by atoms with Gasteiger partial charge in [-0.3, -0.25) is 9.89 Å². The van der Waals surface area contributed by atoms with Crippen molar-refractivity contribution in [2.75, 3.05) is 7.11 Å². The van der Waals surface area contributed by atoms with Crippen LogP contribution in [0.5, 0.6) is 0 Å². The van der Waals surface area contributed by atoms with E-state index in [-0.39, 0.29) is 12.2 Å². The van der Waals surface area contributed by atoms with E-state index in [0.717, 1.165) is 4.68 Å². The molecule has 2 aromatic rings. The maximum atomic E-state index is 12.5. The molecule has 2 N–H and O–H groups in total. The van der Waals surface area contributed by atoms with Gasteiger partial charge in [-0.25, -0.2) is 9.48 Å². The molecule has 0 radical (unpaired) electrons. The number of alkyl halides is 3. The first kappa shape index (κ1) is 15.7. The van der Waals surface area contributed by atoms with Gasteiger partial charge >= 0.3 is 12.3 Å². The van der Waals surface area contributed by atoms with Gasteiger partial charge < -0.3 is 10.1 Å². The van der Waals surface area contributed by atoms with Crippen LogP contribution in [-0.4, -0.2) is 23.0 Å². The standard InChI is InChI=1S/C13H12F3N3O3/c1-22-12(21)17-7-8-2-4-9(5-3-8)19-11(20)6-10(18-19)13(14,15)16/h2-6,18H,7H2,1H3,(H,17,21). The van der Waals surface area contributed by atoms with Crippen molar-refractivity contribution in [2.24, 2.45) is 0 Å². The lowest BCUT2D eigenvalue weighted by Crippen LogP contribution is -2.22. The van der Waals surface area contributed by atoms with E-state index in [1.165, 1.54) is 19.2 Å². The Labute approximate surface area is 122 Å². The van der Waals surface area contributed by atoms with Crippen LogP contribution in [0.3, 0.4) is 0 Å². The molecule has 0 aliphatic heterocycles. The van der Waals surface area contributed by atoms with E-state index in [4.69, 9.17) is 0 Å². The molecule has 6 nitrogen and oxygen atoms in total. The number of rotatable bonds is 3. The number of carbonyl (C=O) groups excluding carboxylic acids is 1. The van der Waals surface area contributed by atoms with Gasteiger partial charge in [-0.05, 0) is 17.7 Å². The summed E-state index contributed by atoms with van der Waals surface area (Å²) >= 11 is 0. The van der Waals surface area contributed by atoms with Gasteiger partial charge in [0.05, 0.1) is 12.8 Å². The van der Waals surface area contributed by atoms with Crippen molar-refractivity contribution in [2.45, 2.75) is 12.7 Å². The van der Waals surface area contributed by atoms with Gasteiger partial charge in [0.15, 0.2) is 0 Å². The molecular formula is C13H12F3N3O3. The van der Waals surface area contributed by atoms with Crippen LogP contribution in [0.25, 0.3) is 5.69 Å². The molecule has 1 aromatic heterocycles. The van der Waals surface area contributed by atoms with Crippen LogP contribution in [0, 0.1) is 0 Å². The van der Waals surface area contributed by atoms with Gasteiger partial charge in [0.2, 0.25) is 0 Å². The molecule has 0 saturated carbocycles. The number of aromatic amines is 1. The number of ether oxygens (including phenoxy) is 1. The van der Waals surface area contributed by atoms with Gasteiger partial charge in [-0.1, -0.05) is 12.1 Å². The highest BCUT2D eigenvalue weighted by molar-refractivity contribution is 5.66. The smallest absolute Gasteiger partial charge is 0.432 e. The van der Waals surface area contributed by atoms with Crippen molar-refractivity contribution in [3.05, 3.63) is 51.9 Å². The average Bonchev–Trinajstić information content (AvgIpc) is 2.87. The number of amides is 1. The minimum atomic E-state index is -4.62. The maximum absolute atomic E-state index is 12.5. The van der Waals surface area contributed by atoms with E-state index in [1.54, 1.807) is 12.1 Å². The summed E-state index contributed by atoms with van der Waals surface area (Å²) in [6, 6.07) is 6.57. The lowest BCUT2D eigenvalue weighted by atomic mass is 10.2. The predicted molar refractivity (Wildman–Crippen MR) is 70.6 cm³/mol. The second-order valence-corrected chi connectivity index (χ2v) is 4.35. The molecule has 0 saturated heterocycles. The summed E-state index contributed by atoms with van der Waals surface area (Å²) in [4.78, 5) is 22.5. The summed E-state index contributed by atoms with van der Waals surface area (Å²) in [6.07, 6.45) is -5.21. The fourth-order valence-electron chi connectivity index (χ4n) is 1.74. The van der Waals surface area contributed by atoms with Crippen molar-refractivity contribution in [3.8, 4) is 5.69 Å². The number of hydrogen-bond donors (Lipinski definition) is 2. The minimum Gasteiger partial charge on any atom is -0.453 e. The third-order valence-corrected chi connectivity index (χ3v) is 2.84. The summed E-state index contributed by atoms with van der Waals surface area (Å²) in [5, 5.41) is 4.46. The monoisotopic (exact) mass is 315 g/mol. The second kappa shape index (κ2) is 5.96. The lowest BCUT2D eigenvalue weighted by Gasteiger charge is -2.06.